The van der Waals surface area contributed by atoms with E-state index in [1.54, 1.807) is 6.07 Å². The highest BCUT2D eigenvalue weighted by molar-refractivity contribution is 7.89. The molecule has 8 heteroatoms. The summed E-state index contributed by atoms with van der Waals surface area (Å²) in [5, 5.41) is 8.96. The van der Waals surface area contributed by atoms with E-state index >= 15 is 0 Å². The lowest BCUT2D eigenvalue weighted by Gasteiger charge is -2.23. The largest absolute Gasteiger partial charge is 0.493 e. The van der Waals surface area contributed by atoms with Gasteiger partial charge in [-0.15, -0.1) is 15.0 Å². The third kappa shape index (κ3) is 3.62. The number of hydrogen-bond donors (Lipinski definition) is 1. The van der Waals surface area contributed by atoms with Crippen LogP contribution in [0.2, 0.25) is 0 Å². The summed E-state index contributed by atoms with van der Waals surface area (Å²) in [4.78, 5) is 1.56. The normalized spacial score (nSPS) is 15.8. The first kappa shape index (κ1) is 18.9. The van der Waals surface area contributed by atoms with Crippen molar-refractivity contribution in [3.05, 3.63) is 42.0 Å². The number of hydrogen-bond acceptors (Lipinski definition) is 5. The van der Waals surface area contributed by atoms with Crippen molar-refractivity contribution in [2.24, 2.45) is 0 Å². The standard InChI is InChI=1S/C20H24N4O3S/c1-14-12-18(24-21-16-10-6-7-11-17(16)22-24)20(27-2)19(13-14)28(25,26)23-15-8-4-3-5-9-15/h6-7,10-13,15,23H,3-5,8-9H2,1-2H3. The van der Waals surface area contributed by atoms with Gasteiger partial charge in [0.25, 0.3) is 0 Å². The van der Waals surface area contributed by atoms with Crippen LogP contribution < -0.4 is 9.46 Å². The molecule has 0 bridgehead atoms. The highest BCUT2D eigenvalue weighted by Crippen LogP contribution is 2.33. The van der Waals surface area contributed by atoms with E-state index in [2.05, 4.69) is 14.9 Å². The molecular formula is C20H24N4O3S. The minimum atomic E-state index is -3.73. The van der Waals surface area contributed by atoms with Crippen LogP contribution in [0.15, 0.2) is 41.3 Å². The molecule has 7 nitrogen and oxygen atoms in total. The first-order valence-electron chi connectivity index (χ1n) is 9.51. The molecule has 1 N–H and O–H groups in total. The maximum atomic E-state index is 13.1. The molecular weight excluding hydrogens is 376 g/mol. The molecule has 148 valence electrons. The molecule has 0 spiro atoms. The quantitative estimate of drug-likeness (QED) is 0.710. The minimum Gasteiger partial charge on any atom is -0.493 e. The zero-order valence-electron chi connectivity index (χ0n) is 16.1. The highest BCUT2D eigenvalue weighted by Gasteiger charge is 2.27. The number of sulfonamides is 1. The Kier molecular flexibility index (Phi) is 5.07. The summed E-state index contributed by atoms with van der Waals surface area (Å²) >= 11 is 0. The van der Waals surface area contributed by atoms with Gasteiger partial charge in [-0.25, -0.2) is 13.1 Å². The zero-order chi connectivity index (χ0) is 19.7. The Morgan fingerprint density at radius 2 is 1.71 bits per heavy atom. The Morgan fingerprint density at radius 1 is 1.07 bits per heavy atom. The van der Waals surface area contributed by atoms with Crippen molar-refractivity contribution in [1.82, 2.24) is 19.7 Å². The van der Waals surface area contributed by atoms with Crippen LogP contribution in [0.25, 0.3) is 16.7 Å². The van der Waals surface area contributed by atoms with Gasteiger partial charge in [-0.3, -0.25) is 0 Å². The van der Waals surface area contributed by atoms with Gasteiger partial charge in [-0.1, -0.05) is 31.4 Å². The molecule has 0 radical (unpaired) electrons. The SMILES string of the molecule is COc1c(-n2nc3ccccc3n2)cc(C)cc1S(=O)(=O)NC1CCCCC1. The minimum absolute atomic E-state index is 0.0298. The number of ether oxygens (including phenoxy) is 1. The van der Waals surface area contributed by atoms with Crippen LogP contribution in [0.3, 0.4) is 0 Å². The Balaban J connectivity index is 1.80. The molecule has 4 rings (SSSR count). The molecule has 0 amide bonds. The molecule has 1 aromatic heterocycles. The van der Waals surface area contributed by atoms with Crippen LogP contribution in [0.4, 0.5) is 0 Å². The van der Waals surface area contributed by atoms with Gasteiger partial charge in [-0.2, -0.15) is 0 Å². The third-order valence-electron chi connectivity index (χ3n) is 5.10. The first-order valence-corrected chi connectivity index (χ1v) is 11.0. The van der Waals surface area contributed by atoms with Gasteiger partial charge in [0.15, 0.2) is 5.75 Å². The molecule has 28 heavy (non-hydrogen) atoms. The van der Waals surface area contributed by atoms with Crippen molar-refractivity contribution in [3.8, 4) is 11.4 Å². The Morgan fingerprint density at radius 3 is 2.32 bits per heavy atom. The fourth-order valence-electron chi connectivity index (χ4n) is 3.75. The fourth-order valence-corrected chi connectivity index (χ4v) is 5.32. The molecule has 2 aromatic carbocycles. The summed E-state index contributed by atoms with van der Waals surface area (Å²) in [6.07, 6.45) is 4.99. The van der Waals surface area contributed by atoms with E-state index in [-0.39, 0.29) is 16.7 Å². The maximum Gasteiger partial charge on any atom is 0.244 e. The van der Waals surface area contributed by atoms with E-state index in [1.165, 1.54) is 11.9 Å². The van der Waals surface area contributed by atoms with Crippen LogP contribution in [-0.2, 0) is 10.0 Å². The van der Waals surface area contributed by atoms with Crippen LogP contribution in [-0.4, -0.2) is 36.6 Å². The van der Waals surface area contributed by atoms with Crippen molar-refractivity contribution in [2.75, 3.05) is 7.11 Å². The van der Waals surface area contributed by atoms with E-state index in [1.807, 2.05) is 37.3 Å². The fraction of sp³-hybridized carbons (Fsp3) is 0.400. The van der Waals surface area contributed by atoms with Gasteiger partial charge in [0.1, 0.15) is 21.6 Å². The summed E-state index contributed by atoms with van der Waals surface area (Å²) in [5.41, 5.74) is 2.76. The molecule has 1 aliphatic carbocycles. The summed E-state index contributed by atoms with van der Waals surface area (Å²) in [5.74, 6) is 0.245. The monoisotopic (exact) mass is 400 g/mol. The van der Waals surface area contributed by atoms with Gasteiger partial charge in [-0.05, 0) is 49.6 Å². The summed E-state index contributed by atoms with van der Waals surface area (Å²) < 4.78 is 34.7. The number of nitrogens with one attached hydrogen (secondary N) is 1. The second-order valence-corrected chi connectivity index (χ2v) is 8.93. The second-order valence-electron chi connectivity index (χ2n) is 7.25. The smallest absolute Gasteiger partial charge is 0.244 e. The van der Waals surface area contributed by atoms with E-state index in [0.29, 0.717) is 5.69 Å². The number of aryl methyl sites for hydroxylation is 1. The molecule has 0 unspecified atom stereocenters. The van der Waals surface area contributed by atoms with Crippen molar-refractivity contribution < 1.29 is 13.2 Å². The molecule has 0 atom stereocenters. The first-order chi connectivity index (χ1) is 13.5. The third-order valence-corrected chi connectivity index (χ3v) is 6.63. The van der Waals surface area contributed by atoms with Gasteiger partial charge < -0.3 is 4.74 Å². The number of methoxy groups -OCH3 is 1. The molecule has 1 saturated carbocycles. The van der Waals surface area contributed by atoms with Crippen molar-refractivity contribution in [3.63, 3.8) is 0 Å². The molecule has 3 aromatic rings. The van der Waals surface area contributed by atoms with E-state index < -0.39 is 10.0 Å². The van der Waals surface area contributed by atoms with Gasteiger partial charge in [0, 0.05) is 6.04 Å². The highest BCUT2D eigenvalue weighted by atomic mass is 32.2. The van der Waals surface area contributed by atoms with Gasteiger partial charge in [0.2, 0.25) is 10.0 Å². The Hall–Kier alpha value is -2.45. The lowest BCUT2D eigenvalue weighted by molar-refractivity contribution is 0.393. The predicted molar refractivity (Wildman–Crippen MR) is 107 cm³/mol. The Labute approximate surface area is 164 Å². The maximum absolute atomic E-state index is 13.1. The number of rotatable bonds is 5. The lowest BCUT2D eigenvalue weighted by atomic mass is 9.96. The number of aromatic nitrogens is 3. The van der Waals surface area contributed by atoms with Gasteiger partial charge >= 0.3 is 0 Å². The summed E-state index contributed by atoms with van der Waals surface area (Å²) in [6, 6.07) is 10.9. The Bertz CT molecular complexity index is 1070. The van der Waals surface area contributed by atoms with E-state index in [4.69, 9.17) is 4.74 Å². The average Bonchev–Trinajstić information content (AvgIpc) is 3.12. The number of nitrogens with zero attached hydrogens (tertiary/aromatic N) is 3. The summed E-state index contributed by atoms with van der Waals surface area (Å²) in [6.45, 7) is 1.85. The average molecular weight is 401 g/mol. The topological polar surface area (TPSA) is 86.1 Å². The van der Waals surface area contributed by atoms with Crippen LogP contribution in [0.5, 0.6) is 5.75 Å². The van der Waals surface area contributed by atoms with E-state index in [0.717, 1.165) is 48.7 Å². The molecule has 1 heterocycles. The lowest BCUT2D eigenvalue weighted by Crippen LogP contribution is -2.36. The predicted octanol–water partition coefficient (Wildman–Crippen LogP) is 3.35. The van der Waals surface area contributed by atoms with Gasteiger partial charge in [0.05, 0.1) is 7.11 Å². The van der Waals surface area contributed by atoms with Crippen molar-refractivity contribution >= 4 is 21.1 Å². The zero-order valence-corrected chi connectivity index (χ0v) is 16.9. The van der Waals surface area contributed by atoms with Crippen LogP contribution in [0, 0.1) is 6.92 Å². The van der Waals surface area contributed by atoms with Crippen molar-refractivity contribution in [2.45, 2.75) is 50.0 Å². The van der Waals surface area contributed by atoms with Crippen molar-refractivity contribution in [1.29, 1.82) is 0 Å². The number of benzene rings is 2. The number of fused-ring (bicyclic) bond motifs is 1. The van der Waals surface area contributed by atoms with Crippen LogP contribution in [0.1, 0.15) is 37.7 Å². The summed E-state index contributed by atoms with van der Waals surface area (Å²) in [7, 11) is -2.26. The molecule has 1 fully saturated rings. The van der Waals surface area contributed by atoms with E-state index in [9.17, 15) is 8.42 Å². The van der Waals surface area contributed by atoms with Crippen LogP contribution >= 0.6 is 0 Å². The second kappa shape index (κ2) is 7.52. The molecule has 0 saturated heterocycles. The molecule has 1 aliphatic rings. The molecule has 0 aliphatic heterocycles.